The molecule has 4 saturated heterocycles. The second-order valence-corrected chi connectivity index (χ2v) is 5.99. The Morgan fingerprint density at radius 3 is 2.59 bits per heavy atom. The number of ether oxygens (including phenoxy) is 1. The van der Waals surface area contributed by atoms with Crippen LogP contribution in [-0.4, -0.2) is 67.8 Å². The first-order valence-corrected chi connectivity index (χ1v) is 6.99. The fourth-order valence-corrected chi connectivity index (χ4v) is 4.11. The lowest BCUT2D eigenvalue weighted by atomic mass is 9.71. The van der Waals surface area contributed by atoms with Crippen molar-refractivity contribution in [3.8, 4) is 0 Å². The molecule has 4 fully saturated rings. The van der Waals surface area contributed by atoms with Gasteiger partial charge in [0.05, 0.1) is 6.61 Å². The first kappa shape index (κ1) is 11.9. The van der Waals surface area contributed by atoms with Crippen molar-refractivity contribution in [2.24, 2.45) is 11.7 Å². The molecule has 2 atom stereocenters. The number of likely N-dealkylation sites (N-methyl/N-ethyl adjacent to an activating group) is 1. The van der Waals surface area contributed by atoms with Gasteiger partial charge in [0.2, 0.25) is 0 Å². The van der Waals surface area contributed by atoms with Crippen LogP contribution in [0.3, 0.4) is 0 Å². The SMILES string of the molecule is CN(C1CCOC1)C1(CN)CN2CCC1CC2. The Labute approximate surface area is 104 Å². The van der Waals surface area contributed by atoms with Crippen LogP contribution in [0.5, 0.6) is 0 Å². The molecule has 0 aromatic rings. The predicted octanol–water partition coefficient (Wildman–Crippen LogP) is 0.130. The van der Waals surface area contributed by atoms with Crippen LogP contribution < -0.4 is 5.73 Å². The minimum absolute atomic E-state index is 0.217. The fraction of sp³-hybridized carbons (Fsp3) is 1.00. The highest BCUT2D eigenvalue weighted by Gasteiger charge is 2.50. The quantitative estimate of drug-likeness (QED) is 0.760. The monoisotopic (exact) mass is 239 g/mol. The zero-order chi connectivity index (χ0) is 11.9. The molecule has 4 heteroatoms. The van der Waals surface area contributed by atoms with Crippen molar-refractivity contribution in [1.29, 1.82) is 0 Å². The first-order chi connectivity index (χ1) is 8.26. The third kappa shape index (κ3) is 1.82. The largest absolute Gasteiger partial charge is 0.380 e. The Morgan fingerprint density at radius 1 is 1.35 bits per heavy atom. The predicted molar refractivity (Wildman–Crippen MR) is 67.9 cm³/mol. The Morgan fingerprint density at radius 2 is 2.12 bits per heavy atom. The van der Waals surface area contributed by atoms with Gasteiger partial charge in [-0.2, -0.15) is 0 Å². The highest BCUT2D eigenvalue weighted by atomic mass is 16.5. The van der Waals surface area contributed by atoms with Gasteiger partial charge in [-0.3, -0.25) is 4.90 Å². The molecule has 4 aliphatic heterocycles. The number of piperidine rings is 3. The van der Waals surface area contributed by atoms with E-state index in [1.54, 1.807) is 0 Å². The second-order valence-electron chi connectivity index (χ2n) is 5.99. The van der Waals surface area contributed by atoms with Crippen molar-refractivity contribution in [1.82, 2.24) is 9.80 Å². The summed E-state index contributed by atoms with van der Waals surface area (Å²) in [6, 6.07) is 0.582. The minimum Gasteiger partial charge on any atom is -0.380 e. The van der Waals surface area contributed by atoms with Crippen molar-refractivity contribution >= 4 is 0 Å². The van der Waals surface area contributed by atoms with E-state index in [1.165, 1.54) is 38.9 Å². The van der Waals surface area contributed by atoms with Crippen LogP contribution >= 0.6 is 0 Å². The highest BCUT2D eigenvalue weighted by molar-refractivity contribution is 5.07. The normalized spacial score (nSPS) is 45.7. The standard InChI is InChI=1S/C13H25N3O/c1-15(12-4-7-17-8-12)13(9-14)10-16-5-2-11(13)3-6-16/h11-12H,2-10,14H2,1H3. The molecule has 0 aromatic heterocycles. The smallest absolute Gasteiger partial charge is 0.0622 e. The van der Waals surface area contributed by atoms with Crippen molar-refractivity contribution in [3.63, 3.8) is 0 Å². The number of fused-ring (bicyclic) bond motifs is 3. The molecule has 4 rings (SSSR count). The summed E-state index contributed by atoms with van der Waals surface area (Å²) in [6.07, 6.45) is 3.83. The maximum Gasteiger partial charge on any atom is 0.0622 e. The van der Waals surface area contributed by atoms with Gasteiger partial charge in [-0.25, -0.2) is 0 Å². The van der Waals surface area contributed by atoms with Crippen LogP contribution in [-0.2, 0) is 4.74 Å². The van der Waals surface area contributed by atoms with Crippen molar-refractivity contribution < 1.29 is 4.74 Å². The van der Waals surface area contributed by atoms with Gasteiger partial charge < -0.3 is 15.4 Å². The van der Waals surface area contributed by atoms with Crippen molar-refractivity contribution in [3.05, 3.63) is 0 Å². The highest BCUT2D eigenvalue weighted by Crippen LogP contribution is 2.40. The summed E-state index contributed by atoms with van der Waals surface area (Å²) in [5, 5.41) is 0. The van der Waals surface area contributed by atoms with E-state index in [9.17, 15) is 0 Å². The van der Waals surface area contributed by atoms with Gasteiger partial charge in [-0.1, -0.05) is 0 Å². The molecule has 0 saturated carbocycles. The molecule has 4 heterocycles. The van der Waals surface area contributed by atoms with E-state index < -0.39 is 0 Å². The zero-order valence-electron chi connectivity index (χ0n) is 10.9. The number of hydrogen-bond donors (Lipinski definition) is 1. The Kier molecular flexibility index (Phi) is 3.15. The molecule has 17 heavy (non-hydrogen) atoms. The van der Waals surface area contributed by atoms with E-state index in [4.69, 9.17) is 10.5 Å². The number of nitrogens with zero attached hydrogens (tertiary/aromatic N) is 2. The third-order valence-electron chi connectivity index (χ3n) is 5.35. The molecule has 2 N–H and O–H groups in total. The Bertz CT molecular complexity index is 272. The summed E-state index contributed by atoms with van der Waals surface area (Å²) < 4.78 is 5.54. The molecule has 4 aliphatic rings. The van der Waals surface area contributed by atoms with Gasteiger partial charge in [0.1, 0.15) is 0 Å². The van der Waals surface area contributed by atoms with Crippen molar-refractivity contribution in [2.75, 3.05) is 46.4 Å². The zero-order valence-corrected chi connectivity index (χ0v) is 10.9. The molecule has 0 aliphatic carbocycles. The number of nitrogens with two attached hydrogens (primary N) is 1. The number of hydrogen-bond acceptors (Lipinski definition) is 4. The molecule has 2 unspecified atom stereocenters. The number of rotatable bonds is 3. The van der Waals surface area contributed by atoms with Gasteiger partial charge in [-0.15, -0.1) is 0 Å². The second kappa shape index (κ2) is 4.50. The summed E-state index contributed by atoms with van der Waals surface area (Å²) in [5.41, 5.74) is 6.40. The maximum atomic E-state index is 6.18. The van der Waals surface area contributed by atoms with E-state index >= 15 is 0 Å². The van der Waals surface area contributed by atoms with Crippen LogP contribution in [0.15, 0.2) is 0 Å². The molecular weight excluding hydrogens is 214 g/mol. The van der Waals surface area contributed by atoms with Gasteiger partial charge in [0, 0.05) is 31.3 Å². The van der Waals surface area contributed by atoms with E-state index in [2.05, 4.69) is 16.8 Å². The molecule has 4 nitrogen and oxygen atoms in total. The average Bonchev–Trinajstić information content (AvgIpc) is 2.92. The summed E-state index contributed by atoms with van der Waals surface area (Å²) in [5.74, 6) is 0.795. The maximum absolute atomic E-state index is 6.18. The average molecular weight is 239 g/mol. The van der Waals surface area contributed by atoms with Gasteiger partial charge in [-0.05, 0) is 45.3 Å². The third-order valence-corrected chi connectivity index (χ3v) is 5.35. The summed E-state index contributed by atoms with van der Waals surface area (Å²) in [4.78, 5) is 5.16. The lowest BCUT2D eigenvalue weighted by Crippen LogP contribution is -2.70. The molecule has 0 spiro atoms. The molecule has 98 valence electrons. The van der Waals surface area contributed by atoms with Gasteiger partial charge >= 0.3 is 0 Å². The van der Waals surface area contributed by atoms with Crippen LogP contribution in [0.25, 0.3) is 0 Å². The van der Waals surface area contributed by atoms with E-state index in [-0.39, 0.29) is 5.54 Å². The first-order valence-electron chi connectivity index (χ1n) is 6.99. The van der Waals surface area contributed by atoms with E-state index in [0.29, 0.717) is 6.04 Å². The van der Waals surface area contributed by atoms with Crippen molar-refractivity contribution in [2.45, 2.75) is 30.8 Å². The van der Waals surface area contributed by atoms with Gasteiger partial charge in [0.15, 0.2) is 0 Å². The molecular formula is C13H25N3O. The Balaban J connectivity index is 1.80. The van der Waals surface area contributed by atoms with Crippen LogP contribution in [0.4, 0.5) is 0 Å². The summed E-state index contributed by atoms with van der Waals surface area (Å²) >= 11 is 0. The van der Waals surface area contributed by atoms with Gasteiger partial charge in [0.25, 0.3) is 0 Å². The molecule has 0 radical (unpaired) electrons. The minimum atomic E-state index is 0.217. The molecule has 2 bridgehead atoms. The lowest BCUT2D eigenvalue weighted by molar-refractivity contribution is -0.0734. The molecule has 0 amide bonds. The van der Waals surface area contributed by atoms with Crippen LogP contribution in [0.2, 0.25) is 0 Å². The van der Waals surface area contributed by atoms with Crippen LogP contribution in [0.1, 0.15) is 19.3 Å². The lowest BCUT2D eigenvalue weighted by Gasteiger charge is -2.58. The topological polar surface area (TPSA) is 41.7 Å². The van der Waals surface area contributed by atoms with E-state index in [0.717, 1.165) is 25.7 Å². The fourth-order valence-electron chi connectivity index (χ4n) is 4.11. The summed E-state index contributed by atoms with van der Waals surface area (Å²) in [7, 11) is 2.27. The van der Waals surface area contributed by atoms with E-state index in [1.807, 2.05) is 0 Å². The Hall–Kier alpha value is -0.160. The van der Waals surface area contributed by atoms with Crippen LogP contribution in [0, 0.1) is 5.92 Å². The summed E-state index contributed by atoms with van der Waals surface area (Å²) in [6.45, 7) is 6.33. The molecule has 0 aromatic carbocycles.